The summed E-state index contributed by atoms with van der Waals surface area (Å²) in [4.78, 5) is 18.0. The van der Waals surface area contributed by atoms with E-state index in [1.54, 1.807) is 31.0 Å². The van der Waals surface area contributed by atoms with Crippen LogP contribution in [-0.4, -0.2) is 42.2 Å². The average molecular weight is 429 g/mol. The van der Waals surface area contributed by atoms with Crippen LogP contribution in [0.5, 0.6) is 0 Å². The fraction of sp³-hybridized carbons (Fsp3) is 0.471. The lowest BCUT2D eigenvalue weighted by atomic mass is 10.2. The van der Waals surface area contributed by atoms with Crippen LogP contribution in [0.2, 0.25) is 5.02 Å². The number of halogens is 1. The van der Waals surface area contributed by atoms with Crippen molar-refractivity contribution in [2.45, 2.75) is 37.5 Å². The monoisotopic (exact) mass is 428 g/mol. The van der Waals surface area contributed by atoms with Gasteiger partial charge in [0, 0.05) is 43.0 Å². The van der Waals surface area contributed by atoms with Gasteiger partial charge in [0.15, 0.2) is 0 Å². The molecule has 7 nitrogen and oxygen atoms in total. The second-order valence-corrected chi connectivity index (χ2v) is 9.51. The molecule has 1 aliphatic rings. The van der Waals surface area contributed by atoms with Gasteiger partial charge in [0.1, 0.15) is 5.82 Å². The first kappa shape index (κ1) is 20.0. The first-order chi connectivity index (χ1) is 12.8. The van der Waals surface area contributed by atoms with Crippen LogP contribution < -0.4 is 4.72 Å². The van der Waals surface area contributed by atoms with Gasteiger partial charge < -0.3 is 4.90 Å². The summed E-state index contributed by atoms with van der Waals surface area (Å²) in [6, 6.07) is 4.72. The minimum atomic E-state index is -3.80. The van der Waals surface area contributed by atoms with E-state index in [1.165, 1.54) is 6.07 Å². The van der Waals surface area contributed by atoms with Gasteiger partial charge in [0.05, 0.1) is 4.90 Å². The minimum absolute atomic E-state index is 0.108. The number of hydrogen-bond acceptors (Lipinski definition) is 6. The molecule has 1 amide bonds. The molecule has 1 aliphatic carbocycles. The summed E-state index contributed by atoms with van der Waals surface area (Å²) in [5, 5.41) is 0.575. The number of rotatable bonds is 8. The van der Waals surface area contributed by atoms with Gasteiger partial charge in [-0.1, -0.05) is 17.7 Å². The number of amides is 1. The van der Waals surface area contributed by atoms with Gasteiger partial charge in [-0.05, 0) is 43.4 Å². The molecular formula is C17H21ClN4O3S2. The highest BCUT2D eigenvalue weighted by Crippen LogP contribution is 2.32. The maximum Gasteiger partial charge on any atom is 0.264 e. The van der Waals surface area contributed by atoms with Gasteiger partial charge in [-0.2, -0.15) is 4.37 Å². The number of nitrogens with one attached hydrogen (secondary N) is 1. The molecule has 0 atom stereocenters. The number of anilines is 1. The van der Waals surface area contributed by atoms with E-state index in [0.717, 1.165) is 24.4 Å². The highest BCUT2D eigenvalue weighted by Gasteiger charge is 2.26. The van der Waals surface area contributed by atoms with Crippen molar-refractivity contribution < 1.29 is 13.2 Å². The smallest absolute Gasteiger partial charge is 0.264 e. The summed E-state index contributed by atoms with van der Waals surface area (Å²) in [7, 11) is -2.03. The molecule has 1 N–H and O–H groups in total. The Bertz CT molecular complexity index is 941. The Balaban J connectivity index is 1.60. The summed E-state index contributed by atoms with van der Waals surface area (Å²) in [6.45, 7) is 2.15. The molecule has 0 unspecified atom stereocenters. The minimum Gasteiger partial charge on any atom is -0.345 e. The molecular weight excluding hydrogens is 408 g/mol. The van der Waals surface area contributed by atoms with Crippen LogP contribution in [0.4, 0.5) is 5.13 Å². The molecule has 2 aromatic rings. The Labute approximate surface area is 168 Å². The molecule has 3 rings (SSSR count). The van der Waals surface area contributed by atoms with Crippen molar-refractivity contribution in [2.75, 3.05) is 18.3 Å². The first-order valence-corrected chi connectivity index (χ1v) is 11.2. The lowest BCUT2D eigenvalue weighted by Crippen LogP contribution is -2.29. The zero-order chi connectivity index (χ0) is 19.6. The molecule has 1 heterocycles. The van der Waals surface area contributed by atoms with Gasteiger partial charge in [-0.3, -0.25) is 9.52 Å². The molecule has 10 heteroatoms. The number of nitrogens with zero attached hydrogens (tertiary/aromatic N) is 3. The van der Waals surface area contributed by atoms with Gasteiger partial charge >= 0.3 is 0 Å². The molecule has 0 aliphatic heterocycles. The number of hydrogen-bond donors (Lipinski definition) is 1. The highest BCUT2D eigenvalue weighted by molar-refractivity contribution is 7.93. The second kappa shape index (κ2) is 8.12. The molecule has 0 spiro atoms. The van der Waals surface area contributed by atoms with Crippen LogP contribution in [0.1, 0.15) is 30.7 Å². The maximum atomic E-state index is 12.6. The van der Waals surface area contributed by atoms with Crippen LogP contribution in [0.3, 0.4) is 0 Å². The summed E-state index contributed by atoms with van der Waals surface area (Å²) < 4.78 is 31.8. The Morgan fingerprint density at radius 1 is 1.41 bits per heavy atom. The van der Waals surface area contributed by atoms with E-state index < -0.39 is 10.0 Å². The van der Waals surface area contributed by atoms with Gasteiger partial charge in [0.2, 0.25) is 11.0 Å². The van der Waals surface area contributed by atoms with Crippen LogP contribution in [0.15, 0.2) is 23.1 Å². The molecule has 1 aromatic carbocycles. The normalized spacial score (nSPS) is 14.2. The van der Waals surface area contributed by atoms with Crippen molar-refractivity contribution in [3.8, 4) is 0 Å². The van der Waals surface area contributed by atoms with Crippen LogP contribution >= 0.6 is 23.1 Å². The number of benzene rings is 1. The summed E-state index contributed by atoms with van der Waals surface area (Å²) in [5.41, 5.74) is 0.479. The largest absolute Gasteiger partial charge is 0.345 e. The van der Waals surface area contributed by atoms with E-state index >= 15 is 0 Å². The Hall–Kier alpha value is -1.71. The Kier molecular flexibility index (Phi) is 6.02. The fourth-order valence-electron chi connectivity index (χ4n) is 2.56. The van der Waals surface area contributed by atoms with Crippen molar-refractivity contribution in [1.29, 1.82) is 0 Å². The third-order valence-corrected chi connectivity index (χ3v) is 7.14. The summed E-state index contributed by atoms with van der Waals surface area (Å²) in [6.07, 6.45) is 3.36. The number of carbonyl (C=O) groups excluding carboxylic acids is 1. The van der Waals surface area contributed by atoms with Crippen molar-refractivity contribution in [3.05, 3.63) is 34.6 Å². The second-order valence-electron chi connectivity index (χ2n) is 6.70. The topological polar surface area (TPSA) is 92.3 Å². The third-order valence-electron chi connectivity index (χ3n) is 4.45. The number of likely N-dealkylation sites (N-methyl/N-ethyl adjacent to an activating group) is 1. The van der Waals surface area contributed by atoms with Crippen molar-refractivity contribution >= 4 is 44.2 Å². The molecule has 1 fully saturated rings. The van der Waals surface area contributed by atoms with Crippen LogP contribution in [-0.2, 0) is 21.2 Å². The molecule has 1 aromatic heterocycles. The third kappa shape index (κ3) is 5.18. The van der Waals surface area contributed by atoms with E-state index in [-0.39, 0.29) is 15.9 Å². The highest BCUT2D eigenvalue weighted by atomic mass is 35.5. The fourth-order valence-corrected chi connectivity index (χ4v) is 4.90. The predicted octanol–water partition coefficient (Wildman–Crippen LogP) is 3.10. The summed E-state index contributed by atoms with van der Waals surface area (Å²) >= 11 is 6.98. The zero-order valence-electron chi connectivity index (χ0n) is 15.1. The van der Waals surface area contributed by atoms with Crippen LogP contribution in [0, 0.1) is 12.8 Å². The SMILES string of the molecule is Cc1c(Cl)cccc1S(=O)(=O)Nc1nc(CCN(C)C(=O)CC2CC2)ns1. The molecule has 1 saturated carbocycles. The maximum absolute atomic E-state index is 12.6. The number of aromatic nitrogens is 2. The van der Waals surface area contributed by atoms with Gasteiger partial charge in [-0.15, -0.1) is 0 Å². The molecule has 0 saturated heterocycles. The van der Waals surface area contributed by atoms with Crippen molar-refractivity contribution in [1.82, 2.24) is 14.3 Å². The molecule has 27 heavy (non-hydrogen) atoms. The molecule has 0 bridgehead atoms. The zero-order valence-corrected chi connectivity index (χ0v) is 17.5. The standard InChI is InChI=1S/C17H21ClN4O3S2/c1-11-13(18)4-3-5-14(11)27(24,25)21-17-19-15(20-26-17)8-9-22(2)16(23)10-12-6-7-12/h3-5,12H,6-10H2,1-2H3,(H,19,20,21). The lowest BCUT2D eigenvalue weighted by molar-refractivity contribution is -0.130. The Morgan fingerprint density at radius 2 is 2.15 bits per heavy atom. The first-order valence-electron chi connectivity index (χ1n) is 8.61. The van der Waals surface area contributed by atoms with E-state index in [9.17, 15) is 13.2 Å². The van der Waals surface area contributed by atoms with E-state index in [2.05, 4.69) is 14.1 Å². The number of sulfonamides is 1. The quantitative estimate of drug-likeness (QED) is 0.697. The number of carbonyl (C=O) groups is 1. The Morgan fingerprint density at radius 3 is 2.85 bits per heavy atom. The van der Waals surface area contributed by atoms with E-state index in [4.69, 9.17) is 11.6 Å². The predicted molar refractivity (Wildman–Crippen MR) is 106 cm³/mol. The average Bonchev–Trinajstić information content (AvgIpc) is 3.32. The molecule has 146 valence electrons. The summed E-state index contributed by atoms with van der Waals surface area (Å²) in [5.74, 6) is 1.19. The van der Waals surface area contributed by atoms with E-state index in [0.29, 0.717) is 41.7 Å². The van der Waals surface area contributed by atoms with Crippen molar-refractivity contribution in [3.63, 3.8) is 0 Å². The van der Waals surface area contributed by atoms with Gasteiger partial charge in [0.25, 0.3) is 10.0 Å². The van der Waals surface area contributed by atoms with E-state index in [1.807, 2.05) is 0 Å². The van der Waals surface area contributed by atoms with Crippen molar-refractivity contribution in [2.24, 2.45) is 5.92 Å². The van der Waals surface area contributed by atoms with Crippen LogP contribution in [0.25, 0.3) is 0 Å². The van der Waals surface area contributed by atoms with Gasteiger partial charge in [-0.25, -0.2) is 13.4 Å². The molecule has 0 radical (unpaired) electrons. The lowest BCUT2D eigenvalue weighted by Gasteiger charge is -2.15.